The molecule has 1 fully saturated rings. The first-order valence-electron chi connectivity index (χ1n) is 7.61. The number of aliphatic hydroxyl groups is 1. The molecular weight excluding hydrogens is 310 g/mol. The number of carbonyl (C=O) groups excluding carboxylic acids is 1. The SMILES string of the molecule is O=C(c1ccc([N+](=O)[O-])cc1)N1C(O)CCN1Cc1ccccc1. The molecule has 1 aliphatic rings. The second-order valence-corrected chi connectivity index (χ2v) is 5.60. The molecule has 7 nitrogen and oxygen atoms in total. The van der Waals surface area contributed by atoms with Crippen LogP contribution in [0.25, 0.3) is 0 Å². The number of aliphatic hydroxyl groups excluding tert-OH is 1. The van der Waals surface area contributed by atoms with Crippen molar-refractivity contribution in [3.63, 3.8) is 0 Å². The van der Waals surface area contributed by atoms with E-state index >= 15 is 0 Å². The van der Waals surface area contributed by atoms with E-state index in [2.05, 4.69) is 0 Å². The molecule has 1 saturated heterocycles. The van der Waals surface area contributed by atoms with E-state index in [0.29, 0.717) is 25.1 Å². The fourth-order valence-corrected chi connectivity index (χ4v) is 2.75. The first-order chi connectivity index (χ1) is 11.6. The summed E-state index contributed by atoms with van der Waals surface area (Å²) in [5.41, 5.74) is 1.27. The molecule has 0 bridgehead atoms. The van der Waals surface area contributed by atoms with Crippen LogP contribution < -0.4 is 0 Å². The number of nitro benzene ring substituents is 1. The number of hydrazine groups is 1. The van der Waals surface area contributed by atoms with Gasteiger partial charge in [-0.05, 0) is 17.7 Å². The number of carbonyl (C=O) groups is 1. The Kier molecular flexibility index (Phi) is 4.54. The van der Waals surface area contributed by atoms with E-state index in [1.807, 2.05) is 30.3 Å². The number of non-ortho nitro benzene ring substituents is 1. The van der Waals surface area contributed by atoms with Gasteiger partial charge in [0.1, 0.15) is 6.23 Å². The molecule has 1 heterocycles. The number of amides is 1. The highest BCUT2D eigenvalue weighted by molar-refractivity contribution is 5.94. The molecule has 0 saturated carbocycles. The highest BCUT2D eigenvalue weighted by atomic mass is 16.6. The van der Waals surface area contributed by atoms with E-state index in [4.69, 9.17) is 0 Å². The highest BCUT2D eigenvalue weighted by Crippen LogP contribution is 2.23. The first-order valence-corrected chi connectivity index (χ1v) is 7.61. The van der Waals surface area contributed by atoms with Crippen LogP contribution in [0.4, 0.5) is 5.69 Å². The summed E-state index contributed by atoms with van der Waals surface area (Å²) in [6.07, 6.45) is -0.428. The number of benzene rings is 2. The molecule has 1 aliphatic heterocycles. The molecule has 0 spiro atoms. The van der Waals surface area contributed by atoms with Crippen LogP contribution in [0.5, 0.6) is 0 Å². The molecule has 0 aromatic heterocycles. The zero-order valence-electron chi connectivity index (χ0n) is 12.9. The van der Waals surface area contributed by atoms with Gasteiger partial charge in [0, 0.05) is 37.2 Å². The number of hydrogen-bond acceptors (Lipinski definition) is 5. The molecule has 1 N–H and O–H groups in total. The van der Waals surface area contributed by atoms with Crippen LogP contribution in [0.15, 0.2) is 54.6 Å². The van der Waals surface area contributed by atoms with Crippen molar-refractivity contribution in [3.05, 3.63) is 75.8 Å². The third kappa shape index (κ3) is 3.27. The molecule has 0 aliphatic carbocycles. The Morgan fingerprint density at radius 3 is 2.46 bits per heavy atom. The maximum absolute atomic E-state index is 12.7. The van der Waals surface area contributed by atoms with E-state index in [0.717, 1.165) is 5.56 Å². The summed E-state index contributed by atoms with van der Waals surface area (Å²) in [6.45, 7) is 1.07. The number of hydrogen-bond donors (Lipinski definition) is 1. The van der Waals surface area contributed by atoms with Crippen LogP contribution in [0.2, 0.25) is 0 Å². The Hall–Kier alpha value is -2.77. The van der Waals surface area contributed by atoms with Crippen molar-refractivity contribution in [1.82, 2.24) is 10.0 Å². The Morgan fingerprint density at radius 1 is 1.17 bits per heavy atom. The Morgan fingerprint density at radius 2 is 1.83 bits per heavy atom. The quantitative estimate of drug-likeness (QED) is 0.687. The largest absolute Gasteiger partial charge is 0.372 e. The van der Waals surface area contributed by atoms with Crippen molar-refractivity contribution in [3.8, 4) is 0 Å². The summed E-state index contributed by atoms with van der Waals surface area (Å²) >= 11 is 0. The molecule has 0 radical (unpaired) electrons. The van der Waals surface area contributed by atoms with Crippen LogP contribution in [-0.4, -0.2) is 38.7 Å². The number of nitrogens with zero attached hydrogens (tertiary/aromatic N) is 3. The van der Waals surface area contributed by atoms with Crippen molar-refractivity contribution in [2.45, 2.75) is 19.2 Å². The summed E-state index contributed by atoms with van der Waals surface area (Å²) < 4.78 is 0. The Labute approximate surface area is 138 Å². The van der Waals surface area contributed by atoms with Crippen molar-refractivity contribution in [2.24, 2.45) is 0 Å². The summed E-state index contributed by atoms with van der Waals surface area (Å²) in [5.74, 6) is -0.370. The monoisotopic (exact) mass is 327 g/mol. The van der Waals surface area contributed by atoms with Gasteiger partial charge in [0.05, 0.1) is 4.92 Å². The van der Waals surface area contributed by atoms with E-state index in [-0.39, 0.29) is 11.6 Å². The maximum Gasteiger partial charge on any atom is 0.270 e. The predicted octanol–water partition coefficient (Wildman–Crippen LogP) is 2.18. The van der Waals surface area contributed by atoms with E-state index in [1.165, 1.54) is 29.3 Å². The van der Waals surface area contributed by atoms with Gasteiger partial charge in [-0.15, -0.1) is 0 Å². The summed E-state index contributed by atoms with van der Waals surface area (Å²) in [5, 5.41) is 24.0. The van der Waals surface area contributed by atoms with E-state index < -0.39 is 11.2 Å². The number of rotatable bonds is 4. The van der Waals surface area contributed by atoms with Crippen molar-refractivity contribution < 1.29 is 14.8 Å². The lowest BCUT2D eigenvalue weighted by molar-refractivity contribution is -0.384. The zero-order valence-corrected chi connectivity index (χ0v) is 12.9. The van der Waals surface area contributed by atoms with Crippen LogP contribution in [0.3, 0.4) is 0 Å². The predicted molar refractivity (Wildman–Crippen MR) is 86.7 cm³/mol. The van der Waals surface area contributed by atoms with Gasteiger partial charge in [-0.2, -0.15) is 0 Å². The minimum absolute atomic E-state index is 0.0744. The van der Waals surface area contributed by atoms with Gasteiger partial charge in [-0.3, -0.25) is 14.9 Å². The maximum atomic E-state index is 12.7. The van der Waals surface area contributed by atoms with Gasteiger partial charge in [0.2, 0.25) is 0 Å². The molecule has 1 atom stereocenters. The normalized spacial score (nSPS) is 17.9. The molecule has 1 amide bonds. The highest BCUT2D eigenvalue weighted by Gasteiger charge is 2.34. The molecule has 2 aromatic rings. The van der Waals surface area contributed by atoms with Gasteiger partial charge in [0.15, 0.2) is 0 Å². The van der Waals surface area contributed by atoms with Gasteiger partial charge in [-0.25, -0.2) is 10.0 Å². The molecular formula is C17H17N3O4. The molecule has 3 rings (SSSR count). The van der Waals surface area contributed by atoms with Crippen LogP contribution >= 0.6 is 0 Å². The van der Waals surface area contributed by atoms with Crippen LogP contribution in [0.1, 0.15) is 22.3 Å². The smallest absolute Gasteiger partial charge is 0.270 e. The van der Waals surface area contributed by atoms with Gasteiger partial charge >= 0.3 is 0 Å². The van der Waals surface area contributed by atoms with Gasteiger partial charge < -0.3 is 5.11 Å². The summed E-state index contributed by atoms with van der Waals surface area (Å²) in [6, 6.07) is 15.1. The third-order valence-electron chi connectivity index (χ3n) is 3.97. The summed E-state index contributed by atoms with van der Waals surface area (Å²) in [7, 11) is 0. The summed E-state index contributed by atoms with van der Waals surface area (Å²) in [4.78, 5) is 22.9. The van der Waals surface area contributed by atoms with E-state index in [9.17, 15) is 20.0 Å². The lowest BCUT2D eigenvalue weighted by atomic mass is 10.2. The molecule has 2 aromatic carbocycles. The average Bonchev–Trinajstić information content (AvgIpc) is 2.95. The molecule has 7 heteroatoms. The first kappa shape index (κ1) is 16.1. The topological polar surface area (TPSA) is 86.9 Å². The van der Waals surface area contributed by atoms with Crippen molar-refractivity contribution >= 4 is 11.6 Å². The van der Waals surface area contributed by atoms with E-state index in [1.54, 1.807) is 5.01 Å². The van der Waals surface area contributed by atoms with Gasteiger partial charge in [-0.1, -0.05) is 30.3 Å². The Bertz CT molecular complexity index is 733. The molecule has 24 heavy (non-hydrogen) atoms. The molecule has 1 unspecified atom stereocenters. The van der Waals surface area contributed by atoms with Crippen LogP contribution in [-0.2, 0) is 6.54 Å². The minimum Gasteiger partial charge on any atom is -0.372 e. The lowest BCUT2D eigenvalue weighted by Gasteiger charge is -2.30. The van der Waals surface area contributed by atoms with Gasteiger partial charge in [0.25, 0.3) is 11.6 Å². The second-order valence-electron chi connectivity index (χ2n) is 5.60. The Balaban J connectivity index is 1.79. The molecule has 124 valence electrons. The second kappa shape index (κ2) is 6.77. The fourth-order valence-electron chi connectivity index (χ4n) is 2.75. The average molecular weight is 327 g/mol. The van der Waals surface area contributed by atoms with Crippen molar-refractivity contribution in [2.75, 3.05) is 6.54 Å². The zero-order chi connectivity index (χ0) is 17.1. The lowest BCUT2D eigenvalue weighted by Crippen LogP contribution is -2.45. The standard InChI is InChI=1S/C17H17N3O4/c21-16-10-11-18(12-13-4-2-1-3-5-13)19(16)17(22)14-6-8-15(9-7-14)20(23)24/h1-9,16,21H,10-12H2. The third-order valence-corrected chi connectivity index (χ3v) is 3.97. The number of nitro groups is 1. The fraction of sp³-hybridized carbons (Fsp3) is 0.235. The van der Waals surface area contributed by atoms with Crippen LogP contribution in [0, 0.1) is 10.1 Å². The minimum atomic E-state index is -0.892. The van der Waals surface area contributed by atoms with Crippen molar-refractivity contribution in [1.29, 1.82) is 0 Å².